The molecule has 18 heavy (non-hydrogen) atoms. The van der Waals surface area contributed by atoms with Crippen molar-refractivity contribution in [2.24, 2.45) is 0 Å². The minimum atomic E-state index is -3.03. The maximum atomic E-state index is 11.7. The Morgan fingerprint density at radius 3 is 2.67 bits per heavy atom. The van der Waals surface area contributed by atoms with Crippen molar-refractivity contribution in [1.82, 2.24) is 10.2 Å². The highest BCUT2D eigenvalue weighted by molar-refractivity contribution is 7.90. The molecule has 7 heteroatoms. The molecule has 5 nitrogen and oxygen atoms in total. The van der Waals surface area contributed by atoms with E-state index in [1.807, 2.05) is 18.4 Å². The van der Waals surface area contributed by atoms with Gasteiger partial charge >= 0.3 is 6.03 Å². The number of carbonyl (C=O) groups is 1. The van der Waals surface area contributed by atoms with E-state index in [2.05, 4.69) is 5.32 Å². The summed E-state index contributed by atoms with van der Waals surface area (Å²) in [6.07, 6.45) is 1.15. The zero-order chi connectivity index (χ0) is 13.8. The molecule has 0 aliphatic carbocycles. The van der Waals surface area contributed by atoms with Crippen LogP contribution in [-0.4, -0.2) is 44.9 Å². The summed E-state index contributed by atoms with van der Waals surface area (Å²) in [6, 6.07) is 1.75. The van der Waals surface area contributed by atoms with E-state index in [-0.39, 0.29) is 18.3 Å². The van der Waals surface area contributed by atoms with Gasteiger partial charge in [0, 0.05) is 24.7 Å². The van der Waals surface area contributed by atoms with E-state index >= 15 is 0 Å². The van der Waals surface area contributed by atoms with Gasteiger partial charge < -0.3 is 10.2 Å². The first-order chi connectivity index (χ1) is 8.29. The topological polar surface area (TPSA) is 66.5 Å². The molecule has 2 amide bonds. The molecule has 0 unspecified atom stereocenters. The molecule has 0 saturated carbocycles. The highest BCUT2D eigenvalue weighted by atomic mass is 32.2. The molecule has 1 aromatic rings. The van der Waals surface area contributed by atoms with Gasteiger partial charge in [-0.2, -0.15) is 0 Å². The number of hydrogen-bond acceptors (Lipinski definition) is 4. The summed E-state index contributed by atoms with van der Waals surface area (Å²) >= 11 is 1.61. The fourth-order valence-corrected chi connectivity index (χ4v) is 2.76. The van der Waals surface area contributed by atoms with Crippen molar-refractivity contribution in [3.8, 4) is 0 Å². The Hall–Kier alpha value is -1.08. The van der Waals surface area contributed by atoms with Crippen LogP contribution < -0.4 is 5.32 Å². The molecule has 1 rings (SSSR count). The molecule has 1 aromatic heterocycles. The molecule has 1 N–H and O–H groups in total. The molecule has 0 fully saturated rings. The van der Waals surface area contributed by atoms with Crippen molar-refractivity contribution in [1.29, 1.82) is 0 Å². The third-order valence-corrected chi connectivity index (χ3v) is 4.40. The first-order valence-corrected chi connectivity index (χ1v) is 8.43. The third-order valence-electron chi connectivity index (χ3n) is 2.44. The fourth-order valence-electron chi connectivity index (χ4n) is 1.33. The Bertz CT molecular complexity index is 508. The summed E-state index contributed by atoms with van der Waals surface area (Å²) in [5.41, 5.74) is 1.16. The van der Waals surface area contributed by atoms with Crippen molar-refractivity contribution >= 4 is 27.2 Å². The number of hydrogen-bond donors (Lipinski definition) is 1. The van der Waals surface area contributed by atoms with Crippen LogP contribution in [0.2, 0.25) is 0 Å². The van der Waals surface area contributed by atoms with E-state index < -0.39 is 9.84 Å². The molecular formula is C11H18N2O3S2. The Morgan fingerprint density at radius 2 is 2.17 bits per heavy atom. The van der Waals surface area contributed by atoms with Gasteiger partial charge in [-0.3, -0.25) is 0 Å². The summed E-state index contributed by atoms with van der Waals surface area (Å²) < 4.78 is 21.8. The van der Waals surface area contributed by atoms with E-state index in [1.165, 1.54) is 0 Å². The second kappa shape index (κ2) is 6.19. The lowest BCUT2D eigenvalue weighted by molar-refractivity contribution is 0.208. The van der Waals surface area contributed by atoms with Gasteiger partial charge in [-0.05, 0) is 23.9 Å². The number of nitrogens with zero attached hydrogens (tertiary/aromatic N) is 1. The second-order valence-corrected chi connectivity index (χ2v) is 7.51. The minimum Gasteiger partial charge on any atom is -0.337 e. The number of thiophene rings is 1. The van der Waals surface area contributed by atoms with Gasteiger partial charge in [0.1, 0.15) is 9.84 Å². The van der Waals surface area contributed by atoms with Crippen molar-refractivity contribution in [2.75, 3.05) is 25.6 Å². The van der Waals surface area contributed by atoms with Crippen LogP contribution in [0.25, 0.3) is 0 Å². The zero-order valence-electron chi connectivity index (χ0n) is 10.8. The molecule has 1 heterocycles. The number of amides is 2. The predicted octanol–water partition coefficient (Wildman–Crippen LogP) is 1.24. The van der Waals surface area contributed by atoms with Crippen LogP contribution in [-0.2, 0) is 16.4 Å². The lowest BCUT2D eigenvalue weighted by Crippen LogP contribution is -2.38. The Kier molecular flexibility index (Phi) is 5.15. The average Bonchev–Trinajstić information content (AvgIpc) is 2.62. The maximum Gasteiger partial charge on any atom is 0.317 e. The number of nitrogens with one attached hydrogen (secondary N) is 1. The van der Waals surface area contributed by atoms with Crippen LogP contribution in [0, 0.1) is 6.92 Å². The molecule has 0 aromatic carbocycles. The smallest absolute Gasteiger partial charge is 0.317 e. The standard InChI is InChI=1S/C11H18N2O3S2/c1-9-4-6-17-10(9)8-13(2)11(14)12-5-7-18(3,15)16/h4,6H,5,7-8H2,1-3H3,(H,12,14). The number of carbonyl (C=O) groups excluding carboxylic acids is 1. The van der Waals surface area contributed by atoms with E-state index in [4.69, 9.17) is 0 Å². The molecule has 0 atom stereocenters. The van der Waals surface area contributed by atoms with Gasteiger partial charge in [-0.1, -0.05) is 0 Å². The lowest BCUT2D eigenvalue weighted by Gasteiger charge is -2.17. The van der Waals surface area contributed by atoms with Crippen LogP contribution >= 0.6 is 11.3 Å². The van der Waals surface area contributed by atoms with Gasteiger partial charge in [-0.25, -0.2) is 13.2 Å². The van der Waals surface area contributed by atoms with Crippen molar-refractivity contribution in [3.63, 3.8) is 0 Å². The molecule has 0 bridgehead atoms. The maximum absolute atomic E-state index is 11.7. The Morgan fingerprint density at radius 1 is 1.50 bits per heavy atom. The summed E-state index contributed by atoms with van der Waals surface area (Å²) in [5, 5.41) is 4.57. The van der Waals surface area contributed by atoms with Gasteiger partial charge in [0.15, 0.2) is 0 Å². The van der Waals surface area contributed by atoms with E-state index in [0.717, 1.165) is 16.7 Å². The van der Waals surface area contributed by atoms with Gasteiger partial charge in [0.25, 0.3) is 0 Å². The molecular weight excluding hydrogens is 272 g/mol. The molecule has 0 radical (unpaired) electrons. The number of urea groups is 1. The van der Waals surface area contributed by atoms with Crippen LogP contribution in [0.4, 0.5) is 4.79 Å². The summed E-state index contributed by atoms with van der Waals surface area (Å²) in [7, 11) is -1.34. The molecule has 0 saturated heterocycles. The fraction of sp³-hybridized carbons (Fsp3) is 0.545. The van der Waals surface area contributed by atoms with Crippen molar-refractivity contribution < 1.29 is 13.2 Å². The molecule has 0 aliphatic heterocycles. The largest absolute Gasteiger partial charge is 0.337 e. The summed E-state index contributed by atoms with van der Waals surface area (Å²) in [5.74, 6) is -0.0371. The number of sulfone groups is 1. The van der Waals surface area contributed by atoms with Crippen LogP contribution in [0.1, 0.15) is 10.4 Å². The lowest BCUT2D eigenvalue weighted by atomic mass is 10.3. The molecule has 0 spiro atoms. The number of aryl methyl sites for hydroxylation is 1. The molecule has 102 valence electrons. The second-order valence-electron chi connectivity index (χ2n) is 4.24. The van der Waals surface area contributed by atoms with Crippen molar-refractivity contribution in [2.45, 2.75) is 13.5 Å². The Labute approximate surface area is 112 Å². The summed E-state index contributed by atoms with van der Waals surface area (Å²) in [4.78, 5) is 14.4. The van der Waals surface area contributed by atoms with Crippen LogP contribution in [0.15, 0.2) is 11.4 Å². The highest BCUT2D eigenvalue weighted by Crippen LogP contribution is 2.16. The number of rotatable bonds is 5. The van der Waals surface area contributed by atoms with E-state index in [9.17, 15) is 13.2 Å². The van der Waals surface area contributed by atoms with Crippen molar-refractivity contribution in [3.05, 3.63) is 21.9 Å². The first-order valence-electron chi connectivity index (χ1n) is 5.49. The highest BCUT2D eigenvalue weighted by Gasteiger charge is 2.11. The first kappa shape index (κ1) is 15.0. The monoisotopic (exact) mass is 290 g/mol. The van der Waals surface area contributed by atoms with E-state index in [0.29, 0.717) is 6.54 Å². The van der Waals surface area contributed by atoms with Gasteiger partial charge in [0.05, 0.1) is 12.3 Å². The predicted molar refractivity (Wildman–Crippen MR) is 73.6 cm³/mol. The van der Waals surface area contributed by atoms with Crippen LogP contribution in [0.5, 0.6) is 0 Å². The zero-order valence-corrected chi connectivity index (χ0v) is 12.4. The quantitative estimate of drug-likeness (QED) is 0.887. The normalized spacial score (nSPS) is 11.3. The van der Waals surface area contributed by atoms with Crippen LogP contribution in [0.3, 0.4) is 0 Å². The van der Waals surface area contributed by atoms with Gasteiger partial charge in [-0.15, -0.1) is 11.3 Å². The SMILES string of the molecule is Cc1ccsc1CN(C)C(=O)NCCS(C)(=O)=O. The summed E-state index contributed by atoms with van der Waals surface area (Å²) in [6.45, 7) is 2.68. The molecule has 0 aliphatic rings. The van der Waals surface area contributed by atoms with E-state index in [1.54, 1.807) is 23.3 Å². The minimum absolute atomic E-state index is 0.0371. The van der Waals surface area contributed by atoms with Gasteiger partial charge in [0.2, 0.25) is 0 Å². The average molecular weight is 290 g/mol. The Balaban J connectivity index is 2.40. The third kappa shape index (κ3) is 5.05.